The van der Waals surface area contributed by atoms with Gasteiger partial charge in [-0.05, 0) is 18.2 Å². The molecule has 0 aliphatic carbocycles. The number of anilines is 1. The van der Waals surface area contributed by atoms with Crippen molar-refractivity contribution in [3.63, 3.8) is 0 Å². The summed E-state index contributed by atoms with van der Waals surface area (Å²) in [5.41, 5.74) is 5.91. The van der Waals surface area contributed by atoms with E-state index in [1.807, 2.05) is 35.2 Å². The van der Waals surface area contributed by atoms with Crippen molar-refractivity contribution >= 4 is 27.3 Å². The van der Waals surface area contributed by atoms with Crippen molar-refractivity contribution in [1.29, 1.82) is 0 Å². The third-order valence-electron chi connectivity index (χ3n) is 2.72. The number of hydrogen-bond donors (Lipinski definition) is 2. The first-order valence-electron chi connectivity index (χ1n) is 5.98. The number of nitrogens with zero attached hydrogens (tertiary/aromatic N) is 1. The van der Waals surface area contributed by atoms with Crippen molar-refractivity contribution in [1.82, 2.24) is 4.72 Å². The van der Waals surface area contributed by atoms with Gasteiger partial charge in [-0.2, -0.15) is 0 Å². The van der Waals surface area contributed by atoms with E-state index in [2.05, 4.69) is 4.72 Å². The first kappa shape index (κ1) is 14.8. The lowest BCUT2D eigenvalue weighted by atomic mass is 10.3. The summed E-state index contributed by atoms with van der Waals surface area (Å²) in [7, 11) is -3.57. The third kappa shape index (κ3) is 3.69. The Bertz CT molecular complexity index is 690. The maximum Gasteiger partial charge on any atom is 0.240 e. The van der Waals surface area contributed by atoms with Crippen LogP contribution in [0.4, 0.5) is 5.69 Å². The Morgan fingerprint density at radius 3 is 2.55 bits per heavy atom. The van der Waals surface area contributed by atoms with E-state index in [1.165, 1.54) is 18.2 Å². The van der Waals surface area contributed by atoms with Crippen LogP contribution in [0.5, 0.6) is 0 Å². The Morgan fingerprint density at radius 2 is 1.90 bits per heavy atom. The molecule has 1 aromatic heterocycles. The van der Waals surface area contributed by atoms with Crippen LogP contribution in [0, 0.1) is 0 Å². The minimum Gasteiger partial charge on any atom is -0.398 e. The van der Waals surface area contributed by atoms with E-state index >= 15 is 0 Å². The van der Waals surface area contributed by atoms with Gasteiger partial charge in [0.15, 0.2) is 18.9 Å². The van der Waals surface area contributed by atoms with Gasteiger partial charge in [0.1, 0.15) is 0 Å². The summed E-state index contributed by atoms with van der Waals surface area (Å²) in [6.07, 6.45) is 3.74. The number of halogens is 1. The minimum absolute atomic E-state index is 0.106. The minimum atomic E-state index is -3.57. The van der Waals surface area contributed by atoms with Gasteiger partial charge in [-0.25, -0.2) is 17.7 Å². The van der Waals surface area contributed by atoms with E-state index in [9.17, 15) is 8.42 Å². The molecule has 5 nitrogen and oxygen atoms in total. The molecule has 0 unspecified atom stereocenters. The second-order valence-electron chi connectivity index (χ2n) is 4.19. The van der Waals surface area contributed by atoms with Gasteiger partial charge >= 0.3 is 0 Å². The number of rotatable bonds is 5. The molecule has 7 heteroatoms. The van der Waals surface area contributed by atoms with Crippen molar-refractivity contribution in [2.75, 3.05) is 12.3 Å². The van der Waals surface area contributed by atoms with E-state index in [4.69, 9.17) is 17.3 Å². The fourth-order valence-electron chi connectivity index (χ4n) is 1.65. The molecule has 1 heterocycles. The number of benzene rings is 1. The Hall–Kier alpha value is -1.63. The Balaban J connectivity index is 2.02. The van der Waals surface area contributed by atoms with Gasteiger partial charge in [0.2, 0.25) is 10.0 Å². The van der Waals surface area contributed by atoms with Crippen LogP contribution in [0.2, 0.25) is 5.02 Å². The van der Waals surface area contributed by atoms with Crippen LogP contribution in [-0.2, 0) is 16.6 Å². The molecule has 0 atom stereocenters. The first-order valence-corrected chi connectivity index (χ1v) is 7.84. The monoisotopic (exact) mass is 312 g/mol. The molecule has 0 fully saturated rings. The zero-order valence-corrected chi connectivity index (χ0v) is 12.2. The highest BCUT2D eigenvalue weighted by molar-refractivity contribution is 7.89. The first-order chi connectivity index (χ1) is 9.49. The molecule has 0 aliphatic rings. The van der Waals surface area contributed by atoms with Crippen molar-refractivity contribution in [3.8, 4) is 0 Å². The number of nitrogen functional groups attached to an aromatic ring is 1. The van der Waals surface area contributed by atoms with Crippen molar-refractivity contribution in [2.45, 2.75) is 11.4 Å². The lowest BCUT2D eigenvalue weighted by Crippen LogP contribution is -2.39. The normalized spacial score (nSPS) is 11.4. The van der Waals surface area contributed by atoms with Gasteiger partial charge in [0.25, 0.3) is 0 Å². The second-order valence-corrected chi connectivity index (χ2v) is 6.37. The molecule has 0 bridgehead atoms. The lowest BCUT2D eigenvalue weighted by molar-refractivity contribution is -0.694. The predicted octanol–water partition coefficient (Wildman–Crippen LogP) is 1.19. The molecule has 0 amide bonds. The summed E-state index contributed by atoms with van der Waals surface area (Å²) in [4.78, 5) is 0.106. The summed E-state index contributed by atoms with van der Waals surface area (Å²) in [5.74, 6) is 0. The van der Waals surface area contributed by atoms with Gasteiger partial charge in [0, 0.05) is 12.1 Å². The van der Waals surface area contributed by atoms with E-state index in [0.717, 1.165) is 0 Å². The highest BCUT2D eigenvalue weighted by Gasteiger charge is 2.15. The Labute approximate surface area is 123 Å². The standard InChI is InChI=1S/C13H15ClN3O2S/c14-12-10-11(4-5-13(12)15)20(18,19)16-6-9-17-7-2-1-3-8-17/h1-5,7-8,10,16H,6,9,15H2/q+1. The van der Waals surface area contributed by atoms with Crippen LogP contribution in [0.3, 0.4) is 0 Å². The van der Waals surface area contributed by atoms with Gasteiger partial charge in [-0.1, -0.05) is 17.7 Å². The SMILES string of the molecule is Nc1ccc(S(=O)(=O)NCC[n+]2ccccc2)cc1Cl. The maximum atomic E-state index is 12.1. The number of pyridine rings is 1. The van der Waals surface area contributed by atoms with Crippen LogP contribution in [0.1, 0.15) is 0 Å². The molecule has 0 saturated heterocycles. The fraction of sp³-hybridized carbons (Fsp3) is 0.154. The molecular weight excluding hydrogens is 298 g/mol. The number of nitrogens with one attached hydrogen (secondary N) is 1. The van der Waals surface area contributed by atoms with Crippen LogP contribution in [0.25, 0.3) is 0 Å². The van der Waals surface area contributed by atoms with Crippen LogP contribution in [-0.4, -0.2) is 15.0 Å². The molecule has 0 spiro atoms. The van der Waals surface area contributed by atoms with Gasteiger partial charge < -0.3 is 5.73 Å². The molecule has 2 aromatic rings. The largest absolute Gasteiger partial charge is 0.398 e. The summed E-state index contributed by atoms with van der Waals surface area (Å²) in [6.45, 7) is 0.835. The molecule has 0 aliphatic heterocycles. The summed E-state index contributed by atoms with van der Waals surface area (Å²) in [5, 5.41) is 0.227. The lowest BCUT2D eigenvalue weighted by Gasteiger charge is -2.06. The zero-order chi connectivity index (χ0) is 14.6. The average molecular weight is 313 g/mol. The van der Waals surface area contributed by atoms with Crippen LogP contribution < -0.4 is 15.0 Å². The topological polar surface area (TPSA) is 76.1 Å². The van der Waals surface area contributed by atoms with E-state index in [-0.39, 0.29) is 9.92 Å². The fourth-order valence-corrected chi connectivity index (χ4v) is 2.94. The summed E-state index contributed by atoms with van der Waals surface area (Å²) in [6, 6.07) is 9.91. The molecule has 20 heavy (non-hydrogen) atoms. The Kier molecular flexibility index (Phi) is 4.59. The van der Waals surface area contributed by atoms with Gasteiger partial charge in [0.05, 0.1) is 22.2 Å². The molecule has 2 rings (SSSR count). The predicted molar refractivity (Wildman–Crippen MR) is 77.7 cm³/mol. The zero-order valence-electron chi connectivity index (χ0n) is 10.7. The third-order valence-corrected chi connectivity index (χ3v) is 4.51. The quantitative estimate of drug-likeness (QED) is 0.643. The molecule has 0 radical (unpaired) electrons. The van der Waals surface area contributed by atoms with Crippen molar-refractivity contribution in [3.05, 3.63) is 53.8 Å². The van der Waals surface area contributed by atoms with Crippen molar-refractivity contribution in [2.24, 2.45) is 0 Å². The highest BCUT2D eigenvalue weighted by Crippen LogP contribution is 2.22. The molecule has 106 valence electrons. The Morgan fingerprint density at radius 1 is 1.20 bits per heavy atom. The maximum absolute atomic E-state index is 12.1. The molecule has 1 aromatic carbocycles. The molecule has 3 N–H and O–H groups in total. The summed E-state index contributed by atoms with van der Waals surface area (Å²) >= 11 is 5.83. The molecular formula is C13H15ClN3O2S+. The second kappa shape index (κ2) is 6.21. The average Bonchev–Trinajstić information content (AvgIpc) is 2.43. The number of hydrogen-bond acceptors (Lipinski definition) is 3. The van der Waals surface area contributed by atoms with Gasteiger partial charge in [-0.3, -0.25) is 0 Å². The highest BCUT2D eigenvalue weighted by atomic mass is 35.5. The molecule has 0 saturated carbocycles. The number of nitrogens with two attached hydrogens (primary N) is 1. The number of sulfonamides is 1. The van der Waals surface area contributed by atoms with Crippen LogP contribution in [0.15, 0.2) is 53.7 Å². The van der Waals surface area contributed by atoms with E-state index in [0.29, 0.717) is 18.8 Å². The van der Waals surface area contributed by atoms with Crippen LogP contribution >= 0.6 is 11.6 Å². The smallest absolute Gasteiger partial charge is 0.240 e. The van der Waals surface area contributed by atoms with Crippen molar-refractivity contribution < 1.29 is 13.0 Å². The van der Waals surface area contributed by atoms with Gasteiger partial charge in [-0.15, -0.1) is 0 Å². The van der Waals surface area contributed by atoms with E-state index < -0.39 is 10.0 Å². The number of aromatic nitrogens is 1. The van der Waals surface area contributed by atoms with E-state index in [1.54, 1.807) is 0 Å². The summed E-state index contributed by atoms with van der Waals surface area (Å²) < 4.78 is 28.5.